The second kappa shape index (κ2) is 8.20. The number of nitriles is 1. The van der Waals surface area contributed by atoms with E-state index in [1.54, 1.807) is 0 Å². The van der Waals surface area contributed by atoms with Crippen LogP contribution in [-0.2, 0) is 17.6 Å². The minimum atomic E-state index is -0.0317. The van der Waals surface area contributed by atoms with Crippen molar-refractivity contribution in [1.29, 1.82) is 5.26 Å². The van der Waals surface area contributed by atoms with Gasteiger partial charge in [-0.1, -0.05) is 13.8 Å². The summed E-state index contributed by atoms with van der Waals surface area (Å²) >= 11 is 0. The molecule has 1 rings (SSSR count). The number of rotatable bonds is 7. The molecule has 1 N–H and O–H groups in total. The van der Waals surface area contributed by atoms with Crippen molar-refractivity contribution in [3.8, 4) is 6.07 Å². The highest BCUT2D eigenvalue weighted by Gasteiger charge is 2.16. The van der Waals surface area contributed by atoms with Gasteiger partial charge in [0.1, 0.15) is 11.6 Å². The summed E-state index contributed by atoms with van der Waals surface area (Å²) in [6.45, 7) is 6.86. The van der Waals surface area contributed by atoms with Crippen LogP contribution in [0.3, 0.4) is 0 Å². The smallest absolute Gasteiger partial charge is 0.216 e. The van der Waals surface area contributed by atoms with Crippen LogP contribution in [0.2, 0.25) is 0 Å². The third kappa shape index (κ3) is 4.42. The SMILES string of the molecule is CCc1nnc(N(C)CCCNC(C)=O)c(C#N)c1CC. The lowest BCUT2D eigenvalue weighted by Gasteiger charge is -2.20. The molecule has 0 unspecified atom stereocenters. The van der Waals surface area contributed by atoms with E-state index in [4.69, 9.17) is 0 Å². The molecule has 0 aromatic carbocycles. The molecule has 6 nitrogen and oxygen atoms in total. The molecule has 0 radical (unpaired) electrons. The molecule has 0 atom stereocenters. The van der Waals surface area contributed by atoms with Crippen molar-refractivity contribution in [1.82, 2.24) is 15.5 Å². The Kier molecular flexibility index (Phi) is 6.60. The molecule has 0 aliphatic rings. The first kappa shape index (κ1) is 16.9. The lowest BCUT2D eigenvalue weighted by molar-refractivity contribution is -0.118. The highest BCUT2D eigenvalue weighted by Crippen LogP contribution is 2.22. The summed E-state index contributed by atoms with van der Waals surface area (Å²) in [7, 11) is 1.89. The Morgan fingerprint density at radius 1 is 1.33 bits per heavy atom. The van der Waals surface area contributed by atoms with Gasteiger partial charge in [0, 0.05) is 27.1 Å². The molecular weight excluding hydrogens is 266 g/mol. The highest BCUT2D eigenvalue weighted by molar-refractivity contribution is 5.72. The number of carbonyl (C=O) groups excluding carboxylic acids is 1. The van der Waals surface area contributed by atoms with E-state index in [1.165, 1.54) is 6.92 Å². The zero-order chi connectivity index (χ0) is 15.8. The molecule has 0 aliphatic heterocycles. The van der Waals surface area contributed by atoms with Crippen LogP contribution in [0.25, 0.3) is 0 Å². The van der Waals surface area contributed by atoms with E-state index >= 15 is 0 Å². The van der Waals surface area contributed by atoms with Crippen LogP contribution in [0, 0.1) is 11.3 Å². The van der Waals surface area contributed by atoms with Gasteiger partial charge in [-0.25, -0.2) is 0 Å². The quantitative estimate of drug-likeness (QED) is 0.768. The average molecular weight is 289 g/mol. The first-order valence-corrected chi connectivity index (χ1v) is 7.29. The van der Waals surface area contributed by atoms with Gasteiger partial charge < -0.3 is 10.2 Å². The lowest BCUT2D eigenvalue weighted by atomic mass is 10.0. The summed E-state index contributed by atoms with van der Waals surface area (Å²) in [5.74, 6) is 0.588. The van der Waals surface area contributed by atoms with Gasteiger partial charge in [-0.2, -0.15) is 10.4 Å². The highest BCUT2D eigenvalue weighted by atomic mass is 16.1. The van der Waals surface area contributed by atoms with E-state index in [-0.39, 0.29) is 5.91 Å². The Balaban J connectivity index is 2.87. The summed E-state index contributed by atoms with van der Waals surface area (Å²) in [6.07, 6.45) is 2.34. The van der Waals surface area contributed by atoms with Gasteiger partial charge in [0.05, 0.1) is 5.69 Å². The number of hydrogen-bond acceptors (Lipinski definition) is 5. The predicted molar refractivity (Wildman–Crippen MR) is 82.1 cm³/mol. The van der Waals surface area contributed by atoms with Crippen molar-refractivity contribution < 1.29 is 4.79 Å². The molecule has 114 valence electrons. The van der Waals surface area contributed by atoms with Gasteiger partial charge in [-0.15, -0.1) is 5.10 Å². The third-order valence-corrected chi connectivity index (χ3v) is 3.35. The minimum absolute atomic E-state index is 0.0317. The van der Waals surface area contributed by atoms with Crippen molar-refractivity contribution in [2.24, 2.45) is 0 Å². The van der Waals surface area contributed by atoms with E-state index in [1.807, 2.05) is 25.8 Å². The Labute approximate surface area is 126 Å². The number of aromatic nitrogens is 2. The summed E-state index contributed by atoms with van der Waals surface area (Å²) < 4.78 is 0. The van der Waals surface area contributed by atoms with Crippen LogP contribution in [0.5, 0.6) is 0 Å². The minimum Gasteiger partial charge on any atom is -0.357 e. The molecule has 1 aromatic rings. The summed E-state index contributed by atoms with van der Waals surface area (Å²) in [4.78, 5) is 12.7. The standard InChI is InChI=1S/C15H23N5O/c1-5-12-13(10-16)15(19-18-14(12)6-2)20(4)9-7-8-17-11(3)21/h5-9H2,1-4H3,(H,17,21). The number of aryl methyl sites for hydroxylation is 1. The molecule has 0 fully saturated rings. The second-order valence-corrected chi connectivity index (χ2v) is 4.90. The van der Waals surface area contributed by atoms with E-state index in [0.29, 0.717) is 24.5 Å². The van der Waals surface area contributed by atoms with Crippen LogP contribution in [0.4, 0.5) is 5.82 Å². The molecule has 0 saturated carbocycles. The number of hydrogen-bond donors (Lipinski definition) is 1. The third-order valence-electron chi connectivity index (χ3n) is 3.35. The molecule has 6 heteroatoms. The second-order valence-electron chi connectivity index (χ2n) is 4.90. The van der Waals surface area contributed by atoms with Gasteiger partial charge in [0.15, 0.2) is 5.82 Å². The van der Waals surface area contributed by atoms with Gasteiger partial charge in [-0.3, -0.25) is 4.79 Å². The van der Waals surface area contributed by atoms with Crippen LogP contribution in [0.15, 0.2) is 0 Å². The van der Waals surface area contributed by atoms with E-state index in [0.717, 1.165) is 30.5 Å². The fourth-order valence-electron chi connectivity index (χ4n) is 2.23. The largest absolute Gasteiger partial charge is 0.357 e. The zero-order valence-corrected chi connectivity index (χ0v) is 13.2. The first-order valence-electron chi connectivity index (χ1n) is 7.29. The van der Waals surface area contributed by atoms with Crippen LogP contribution >= 0.6 is 0 Å². The Hall–Kier alpha value is -2.16. The van der Waals surface area contributed by atoms with Crippen LogP contribution in [-0.4, -0.2) is 36.2 Å². The normalized spacial score (nSPS) is 10.0. The van der Waals surface area contributed by atoms with Crippen molar-refractivity contribution in [2.75, 3.05) is 25.0 Å². The molecular formula is C15H23N5O. The van der Waals surface area contributed by atoms with E-state index < -0.39 is 0 Å². The van der Waals surface area contributed by atoms with Crippen LogP contribution < -0.4 is 10.2 Å². The Morgan fingerprint density at radius 2 is 2.05 bits per heavy atom. The molecule has 1 aromatic heterocycles. The van der Waals surface area contributed by atoms with E-state index in [2.05, 4.69) is 21.6 Å². The molecule has 0 bridgehead atoms. The molecule has 1 heterocycles. The van der Waals surface area contributed by atoms with Crippen molar-refractivity contribution in [3.05, 3.63) is 16.8 Å². The average Bonchev–Trinajstić information content (AvgIpc) is 2.49. The fourth-order valence-corrected chi connectivity index (χ4v) is 2.23. The number of nitrogens with one attached hydrogen (secondary N) is 1. The summed E-state index contributed by atoms with van der Waals surface area (Å²) in [5.41, 5.74) is 2.49. The summed E-state index contributed by atoms with van der Waals surface area (Å²) in [5, 5.41) is 20.6. The van der Waals surface area contributed by atoms with Crippen molar-refractivity contribution in [3.63, 3.8) is 0 Å². The monoisotopic (exact) mass is 289 g/mol. The topological polar surface area (TPSA) is 81.9 Å². The van der Waals surface area contributed by atoms with E-state index in [9.17, 15) is 10.1 Å². The van der Waals surface area contributed by atoms with Gasteiger partial charge >= 0.3 is 0 Å². The van der Waals surface area contributed by atoms with Gasteiger partial charge in [0.2, 0.25) is 5.91 Å². The number of carbonyl (C=O) groups is 1. The number of nitrogens with zero attached hydrogens (tertiary/aromatic N) is 4. The first-order chi connectivity index (χ1) is 10.0. The molecule has 0 aliphatic carbocycles. The predicted octanol–water partition coefficient (Wildman–Crippen LogP) is 1.44. The number of amides is 1. The fraction of sp³-hybridized carbons (Fsp3) is 0.600. The molecule has 1 amide bonds. The molecule has 0 spiro atoms. The zero-order valence-electron chi connectivity index (χ0n) is 13.2. The van der Waals surface area contributed by atoms with Crippen molar-refractivity contribution in [2.45, 2.75) is 40.0 Å². The maximum atomic E-state index is 10.8. The molecule has 0 saturated heterocycles. The Bertz CT molecular complexity index is 536. The summed E-state index contributed by atoms with van der Waals surface area (Å²) in [6, 6.07) is 2.27. The van der Waals surface area contributed by atoms with Gasteiger partial charge in [0.25, 0.3) is 0 Å². The maximum Gasteiger partial charge on any atom is 0.216 e. The molecule has 21 heavy (non-hydrogen) atoms. The maximum absolute atomic E-state index is 10.8. The van der Waals surface area contributed by atoms with Crippen molar-refractivity contribution >= 4 is 11.7 Å². The van der Waals surface area contributed by atoms with Gasteiger partial charge in [-0.05, 0) is 24.8 Å². The number of anilines is 1. The lowest BCUT2D eigenvalue weighted by Crippen LogP contribution is -2.27. The van der Waals surface area contributed by atoms with Crippen LogP contribution in [0.1, 0.15) is 44.0 Å². The Morgan fingerprint density at radius 3 is 2.57 bits per heavy atom.